The fraction of sp³-hybridized carbons (Fsp3) is 0.235. The summed E-state index contributed by atoms with van der Waals surface area (Å²) in [5, 5.41) is 2.88. The first kappa shape index (κ1) is 20.2. The Morgan fingerprint density at radius 3 is 2.62 bits per heavy atom. The van der Waals surface area contributed by atoms with E-state index in [0.29, 0.717) is 11.6 Å². The molecule has 2 aromatic rings. The van der Waals surface area contributed by atoms with Crippen LogP contribution in [0.1, 0.15) is 13.3 Å². The van der Waals surface area contributed by atoms with Crippen LogP contribution in [0.2, 0.25) is 5.02 Å². The summed E-state index contributed by atoms with van der Waals surface area (Å²) >= 11 is 5.93. The van der Waals surface area contributed by atoms with Gasteiger partial charge >= 0.3 is 0 Å². The third-order valence-corrected chi connectivity index (χ3v) is 4.94. The molecular weight excluding hydrogens is 383 g/mol. The van der Waals surface area contributed by atoms with Crippen molar-refractivity contribution in [1.29, 1.82) is 0 Å². The number of sulfonamides is 1. The highest BCUT2D eigenvalue weighted by Gasteiger charge is 2.20. The van der Waals surface area contributed by atoms with Gasteiger partial charge in [-0.15, -0.1) is 0 Å². The Bertz CT molecular complexity index is 890. The number of hydrogen-bond acceptors (Lipinski definition) is 4. The van der Waals surface area contributed by atoms with Crippen LogP contribution in [0.25, 0.3) is 0 Å². The minimum atomic E-state index is -4.18. The van der Waals surface area contributed by atoms with Crippen LogP contribution in [0.5, 0.6) is 0 Å². The molecule has 9 heteroatoms. The summed E-state index contributed by atoms with van der Waals surface area (Å²) < 4.78 is 46.1. The van der Waals surface area contributed by atoms with Crippen molar-refractivity contribution in [2.24, 2.45) is 0 Å². The van der Waals surface area contributed by atoms with E-state index < -0.39 is 20.7 Å². The van der Waals surface area contributed by atoms with Gasteiger partial charge in [-0.2, -0.15) is 0 Å². The fourth-order valence-corrected chi connectivity index (χ4v) is 3.43. The topological polar surface area (TPSA) is 84.5 Å². The lowest BCUT2D eigenvalue weighted by Gasteiger charge is -2.14. The maximum Gasteiger partial charge on any atom is 0.264 e. The maximum atomic E-state index is 13.8. The number of halogens is 2. The summed E-state index contributed by atoms with van der Waals surface area (Å²) in [6.45, 7) is 2.53. The van der Waals surface area contributed by atoms with E-state index in [2.05, 4.69) is 10.0 Å². The van der Waals surface area contributed by atoms with E-state index in [1.807, 2.05) is 6.92 Å². The number of amides is 1. The van der Waals surface area contributed by atoms with E-state index in [0.717, 1.165) is 12.1 Å². The van der Waals surface area contributed by atoms with Gasteiger partial charge in [0, 0.05) is 11.6 Å². The van der Waals surface area contributed by atoms with Crippen LogP contribution in [-0.4, -0.2) is 27.5 Å². The quantitative estimate of drug-likeness (QED) is 0.662. The molecule has 0 fully saturated rings. The van der Waals surface area contributed by atoms with Gasteiger partial charge in [-0.05, 0) is 37.3 Å². The average molecular weight is 401 g/mol. The first-order valence-corrected chi connectivity index (χ1v) is 9.64. The van der Waals surface area contributed by atoms with Gasteiger partial charge in [0.15, 0.2) is 0 Å². The molecule has 26 heavy (non-hydrogen) atoms. The summed E-state index contributed by atoms with van der Waals surface area (Å²) in [5.74, 6) is -1.25. The Morgan fingerprint density at radius 2 is 1.92 bits per heavy atom. The third kappa shape index (κ3) is 5.42. The maximum absolute atomic E-state index is 13.8. The lowest BCUT2D eigenvalue weighted by atomic mass is 10.2. The molecule has 0 aliphatic heterocycles. The van der Waals surface area contributed by atoms with Crippen molar-refractivity contribution in [3.05, 3.63) is 53.3 Å². The summed E-state index contributed by atoms with van der Waals surface area (Å²) in [4.78, 5) is 11.5. The molecule has 2 N–H and O–H groups in total. The molecule has 0 bridgehead atoms. The molecule has 2 rings (SSSR count). The molecule has 2 aromatic carbocycles. The predicted molar refractivity (Wildman–Crippen MR) is 98.4 cm³/mol. The number of ether oxygens (including phenoxy) is 1. The third-order valence-electron chi connectivity index (χ3n) is 3.30. The van der Waals surface area contributed by atoms with Gasteiger partial charge in [-0.3, -0.25) is 9.52 Å². The van der Waals surface area contributed by atoms with Gasteiger partial charge in [0.2, 0.25) is 5.91 Å². The van der Waals surface area contributed by atoms with Crippen LogP contribution in [0.15, 0.2) is 47.4 Å². The SMILES string of the molecule is CCOCCC(=O)Nc1cc(Cl)ccc1NS(=O)(=O)c1ccccc1F. The van der Waals surface area contributed by atoms with Crippen LogP contribution < -0.4 is 10.0 Å². The largest absolute Gasteiger partial charge is 0.381 e. The normalized spacial score (nSPS) is 11.2. The van der Waals surface area contributed by atoms with Crippen LogP contribution in [0, 0.1) is 5.82 Å². The molecule has 0 saturated heterocycles. The first-order valence-electron chi connectivity index (χ1n) is 7.78. The molecule has 0 aliphatic carbocycles. The Balaban J connectivity index is 2.24. The predicted octanol–water partition coefficient (Wildman–Crippen LogP) is 3.65. The summed E-state index contributed by atoms with van der Waals surface area (Å²) in [5.41, 5.74) is 0.237. The zero-order valence-electron chi connectivity index (χ0n) is 14.0. The van der Waals surface area contributed by atoms with Crippen LogP contribution in [0.4, 0.5) is 15.8 Å². The number of carbonyl (C=O) groups is 1. The van der Waals surface area contributed by atoms with Gasteiger partial charge < -0.3 is 10.1 Å². The number of nitrogens with one attached hydrogen (secondary N) is 2. The minimum absolute atomic E-state index is 0.0717. The summed E-state index contributed by atoms with van der Waals surface area (Å²) in [7, 11) is -4.18. The highest BCUT2D eigenvalue weighted by atomic mass is 35.5. The van der Waals surface area contributed by atoms with E-state index in [1.54, 1.807) is 0 Å². The van der Waals surface area contributed by atoms with Crippen LogP contribution in [-0.2, 0) is 19.6 Å². The van der Waals surface area contributed by atoms with Gasteiger partial charge in [0.1, 0.15) is 10.7 Å². The van der Waals surface area contributed by atoms with Crippen LogP contribution >= 0.6 is 11.6 Å². The molecule has 0 aliphatic rings. The number of rotatable bonds is 8. The molecule has 0 atom stereocenters. The molecule has 0 spiro atoms. The first-order chi connectivity index (χ1) is 12.3. The van der Waals surface area contributed by atoms with Crippen molar-refractivity contribution in [3.8, 4) is 0 Å². The molecule has 0 radical (unpaired) electrons. The van der Waals surface area contributed by atoms with Gasteiger partial charge in [0.05, 0.1) is 24.4 Å². The molecule has 1 amide bonds. The summed E-state index contributed by atoms with van der Waals surface area (Å²) in [6, 6.07) is 9.24. The Kier molecular flexibility index (Phi) is 6.96. The number of anilines is 2. The fourth-order valence-electron chi connectivity index (χ4n) is 2.09. The lowest BCUT2D eigenvalue weighted by Crippen LogP contribution is -2.18. The van der Waals surface area contributed by atoms with Crippen molar-refractivity contribution < 1.29 is 22.3 Å². The van der Waals surface area contributed by atoms with E-state index in [1.165, 1.54) is 30.3 Å². The zero-order valence-corrected chi connectivity index (χ0v) is 15.5. The smallest absolute Gasteiger partial charge is 0.264 e. The molecule has 140 valence electrons. The number of benzene rings is 2. The molecule has 6 nitrogen and oxygen atoms in total. The Hall–Kier alpha value is -2.16. The van der Waals surface area contributed by atoms with Crippen molar-refractivity contribution in [1.82, 2.24) is 0 Å². The standard InChI is InChI=1S/C17H18ClFN2O4S/c1-2-25-10-9-17(22)20-15-11-12(18)7-8-14(15)21-26(23,24)16-6-4-3-5-13(16)19/h3-8,11,21H,2,9-10H2,1H3,(H,20,22). The van der Waals surface area contributed by atoms with Crippen molar-refractivity contribution in [2.45, 2.75) is 18.2 Å². The van der Waals surface area contributed by atoms with E-state index in [9.17, 15) is 17.6 Å². The molecule has 0 aromatic heterocycles. The van der Waals surface area contributed by atoms with Gasteiger partial charge in [0.25, 0.3) is 10.0 Å². The van der Waals surface area contributed by atoms with Gasteiger partial charge in [-0.25, -0.2) is 12.8 Å². The lowest BCUT2D eigenvalue weighted by molar-refractivity contribution is -0.117. The second-order valence-electron chi connectivity index (χ2n) is 5.22. The Labute approximate surface area is 156 Å². The molecule has 0 heterocycles. The van der Waals surface area contributed by atoms with E-state index in [4.69, 9.17) is 16.3 Å². The number of carbonyl (C=O) groups excluding carboxylic acids is 1. The second-order valence-corrected chi connectivity index (χ2v) is 7.31. The minimum Gasteiger partial charge on any atom is -0.381 e. The molecule has 0 saturated carbocycles. The molecular formula is C17H18ClFN2O4S. The monoisotopic (exact) mass is 400 g/mol. The van der Waals surface area contributed by atoms with Crippen molar-refractivity contribution in [3.63, 3.8) is 0 Å². The summed E-state index contributed by atoms with van der Waals surface area (Å²) in [6.07, 6.45) is 0.0971. The molecule has 0 unspecified atom stereocenters. The highest BCUT2D eigenvalue weighted by Crippen LogP contribution is 2.28. The van der Waals surface area contributed by atoms with Crippen molar-refractivity contribution >= 4 is 38.9 Å². The average Bonchev–Trinajstić information content (AvgIpc) is 2.58. The van der Waals surface area contributed by atoms with Crippen molar-refractivity contribution in [2.75, 3.05) is 23.3 Å². The highest BCUT2D eigenvalue weighted by molar-refractivity contribution is 7.92. The van der Waals surface area contributed by atoms with Crippen LogP contribution in [0.3, 0.4) is 0 Å². The second kappa shape index (κ2) is 8.98. The number of hydrogen-bond donors (Lipinski definition) is 2. The van der Waals surface area contributed by atoms with E-state index >= 15 is 0 Å². The Morgan fingerprint density at radius 1 is 1.19 bits per heavy atom. The van der Waals surface area contributed by atoms with Gasteiger partial charge in [-0.1, -0.05) is 23.7 Å². The zero-order chi connectivity index (χ0) is 19.2. The van der Waals surface area contributed by atoms with E-state index in [-0.39, 0.29) is 30.3 Å².